The van der Waals surface area contributed by atoms with Gasteiger partial charge in [0.25, 0.3) is 0 Å². The first-order valence-corrected chi connectivity index (χ1v) is 11.9. The Labute approximate surface area is 199 Å². The van der Waals surface area contributed by atoms with Crippen LogP contribution >= 0.6 is 11.6 Å². The molecule has 6 nitrogen and oxygen atoms in total. The van der Waals surface area contributed by atoms with Gasteiger partial charge in [-0.2, -0.15) is 0 Å². The minimum Gasteiger partial charge on any atom is -0.495 e. The number of carbonyl (C=O) groups excluding carboxylic acids is 1. The molecule has 1 unspecified atom stereocenters. The molecule has 1 N–H and O–H groups in total. The van der Waals surface area contributed by atoms with E-state index in [9.17, 15) is 13.2 Å². The Bertz CT molecular complexity index is 1260. The predicted molar refractivity (Wildman–Crippen MR) is 131 cm³/mol. The van der Waals surface area contributed by atoms with Crippen molar-refractivity contribution >= 4 is 33.6 Å². The van der Waals surface area contributed by atoms with E-state index in [1.54, 1.807) is 24.3 Å². The summed E-state index contributed by atoms with van der Waals surface area (Å²) in [4.78, 5) is 12.8. The molecule has 3 rings (SSSR count). The largest absolute Gasteiger partial charge is 0.495 e. The van der Waals surface area contributed by atoms with Crippen LogP contribution in [-0.2, 0) is 14.8 Å². The van der Waals surface area contributed by atoms with Gasteiger partial charge in [0.15, 0.2) is 0 Å². The molecule has 0 aromatic heterocycles. The summed E-state index contributed by atoms with van der Waals surface area (Å²) in [6.45, 7) is 0. The SMILES string of the molecule is COc1ccc(/C=C/C(=O)NC(c2ccccc2)c2cccc(Cl)c2)cc1S(=O)(=O)N(C)C. The highest BCUT2D eigenvalue weighted by Crippen LogP contribution is 2.28. The number of halogens is 1. The third-order valence-corrected chi connectivity index (χ3v) is 7.05. The van der Waals surface area contributed by atoms with E-state index in [0.717, 1.165) is 15.4 Å². The molecular formula is C25H25ClN2O4S. The van der Waals surface area contributed by atoms with E-state index in [4.69, 9.17) is 16.3 Å². The number of methoxy groups -OCH3 is 1. The second-order valence-corrected chi connectivity index (χ2v) is 10.00. The Morgan fingerprint density at radius 2 is 1.70 bits per heavy atom. The maximum absolute atomic E-state index is 12.8. The van der Waals surface area contributed by atoms with Gasteiger partial charge in [0.05, 0.1) is 13.2 Å². The fourth-order valence-electron chi connectivity index (χ4n) is 3.25. The lowest BCUT2D eigenvalue weighted by Gasteiger charge is -2.19. The molecule has 0 saturated heterocycles. The topological polar surface area (TPSA) is 75.7 Å². The molecule has 0 aliphatic carbocycles. The van der Waals surface area contributed by atoms with Crippen LogP contribution < -0.4 is 10.1 Å². The zero-order valence-corrected chi connectivity index (χ0v) is 20.1. The maximum atomic E-state index is 12.8. The highest BCUT2D eigenvalue weighted by molar-refractivity contribution is 7.89. The number of ether oxygens (including phenoxy) is 1. The zero-order chi connectivity index (χ0) is 24.0. The fourth-order valence-corrected chi connectivity index (χ4v) is 4.53. The lowest BCUT2D eigenvalue weighted by atomic mass is 9.98. The molecular weight excluding hydrogens is 460 g/mol. The Kier molecular flexibility index (Phi) is 7.92. The highest BCUT2D eigenvalue weighted by Gasteiger charge is 2.22. The maximum Gasteiger partial charge on any atom is 0.246 e. The van der Waals surface area contributed by atoms with Gasteiger partial charge in [0.1, 0.15) is 10.6 Å². The molecule has 1 amide bonds. The van der Waals surface area contributed by atoms with Crippen LogP contribution in [0.1, 0.15) is 22.7 Å². The summed E-state index contributed by atoms with van der Waals surface area (Å²) < 4.78 is 31.6. The number of nitrogens with zero attached hydrogens (tertiary/aromatic N) is 1. The average molecular weight is 485 g/mol. The van der Waals surface area contributed by atoms with Crippen molar-refractivity contribution in [3.63, 3.8) is 0 Å². The van der Waals surface area contributed by atoms with E-state index in [1.807, 2.05) is 48.5 Å². The van der Waals surface area contributed by atoms with Crippen LogP contribution in [0, 0.1) is 0 Å². The van der Waals surface area contributed by atoms with E-state index in [1.165, 1.54) is 33.3 Å². The number of hydrogen-bond acceptors (Lipinski definition) is 4. The molecule has 0 fully saturated rings. The summed E-state index contributed by atoms with van der Waals surface area (Å²) in [5.74, 6) is -0.105. The second-order valence-electron chi connectivity index (χ2n) is 7.44. The van der Waals surface area contributed by atoms with Crippen LogP contribution in [-0.4, -0.2) is 39.8 Å². The van der Waals surface area contributed by atoms with Crippen LogP contribution in [0.5, 0.6) is 5.75 Å². The third kappa shape index (κ3) is 6.01. The molecule has 3 aromatic rings. The smallest absolute Gasteiger partial charge is 0.246 e. The zero-order valence-electron chi connectivity index (χ0n) is 18.5. The molecule has 0 saturated carbocycles. The van der Waals surface area contributed by atoms with Crippen LogP contribution in [0.25, 0.3) is 6.08 Å². The van der Waals surface area contributed by atoms with E-state index >= 15 is 0 Å². The van der Waals surface area contributed by atoms with Gasteiger partial charge in [-0.05, 0) is 47.0 Å². The molecule has 0 heterocycles. The number of hydrogen-bond donors (Lipinski definition) is 1. The number of rotatable bonds is 8. The van der Waals surface area contributed by atoms with Crippen molar-refractivity contribution in [1.82, 2.24) is 9.62 Å². The van der Waals surface area contributed by atoms with Crippen molar-refractivity contribution in [2.75, 3.05) is 21.2 Å². The lowest BCUT2D eigenvalue weighted by Crippen LogP contribution is -2.27. The summed E-state index contributed by atoms with van der Waals surface area (Å²) in [5.41, 5.74) is 2.30. The van der Waals surface area contributed by atoms with Crippen molar-refractivity contribution < 1.29 is 17.9 Å². The molecule has 172 valence electrons. The van der Waals surface area contributed by atoms with Crippen LogP contribution in [0.4, 0.5) is 0 Å². The first kappa shape index (κ1) is 24.5. The van der Waals surface area contributed by atoms with Gasteiger partial charge in [-0.25, -0.2) is 12.7 Å². The molecule has 0 bridgehead atoms. The number of carbonyl (C=O) groups is 1. The van der Waals surface area contributed by atoms with Crippen LogP contribution in [0.2, 0.25) is 5.02 Å². The van der Waals surface area contributed by atoms with Gasteiger partial charge in [-0.15, -0.1) is 0 Å². The highest BCUT2D eigenvalue weighted by atomic mass is 35.5. The Balaban J connectivity index is 1.87. The molecule has 1 atom stereocenters. The van der Waals surface area contributed by atoms with Crippen molar-refractivity contribution in [3.05, 3.63) is 101 Å². The van der Waals surface area contributed by atoms with Crippen molar-refractivity contribution in [3.8, 4) is 5.75 Å². The number of sulfonamides is 1. The summed E-state index contributed by atoms with van der Waals surface area (Å²) >= 11 is 6.16. The minimum absolute atomic E-state index is 0.0265. The van der Waals surface area contributed by atoms with Crippen molar-refractivity contribution in [2.45, 2.75) is 10.9 Å². The van der Waals surface area contributed by atoms with Crippen molar-refractivity contribution in [1.29, 1.82) is 0 Å². The molecule has 33 heavy (non-hydrogen) atoms. The van der Waals surface area contributed by atoms with Gasteiger partial charge in [0, 0.05) is 25.2 Å². The van der Waals surface area contributed by atoms with Crippen LogP contribution in [0.3, 0.4) is 0 Å². The predicted octanol–water partition coefficient (Wildman–Crippen LogP) is 4.52. The van der Waals surface area contributed by atoms with Gasteiger partial charge in [0.2, 0.25) is 15.9 Å². The second kappa shape index (κ2) is 10.7. The molecule has 0 aliphatic rings. The lowest BCUT2D eigenvalue weighted by molar-refractivity contribution is -0.116. The fraction of sp³-hybridized carbons (Fsp3) is 0.160. The summed E-state index contributed by atoms with van der Waals surface area (Å²) in [5, 5.41) is 3.57. The van der Waals surface area contributed by atoms with Gasteiger partial charge >= 0.3 is 0 Å². The van der Waals surface area contributed by atoms with Gasteiger partial charge < -0.3 is 10.1 Å². The first-order chi connectivity index (χ1) is 15.7. The first-order valence-electron chi connectivity index (χ1n) is 10.1. The van der Waals surface area contributed by atoms with Crippen molar-refractivity contribution in [2.24, 2.45) is 0 Å². The normalized spacial score (nSPS) is 12.6. The Morgan fingerprint density at radius 1 is 1.00 bits per heavy atom. The number of nitrogens with one attached hydrogen (secondary N) is 1. The number of benzene rings is 3. The van der Waals surface area contributed by atoms with Gasteiger partial charge in [-0.1, -0.05) is 60.1 Å². The van der Waals surface area contributed by atoms with E-state index in [-0.39, 0.29) is 16.6 Å². The summed E-state index contributed by atoms with van der Waals surface area (Å²) in [7, 11) is 0.592. The molecule has 0 aliphatic heterocycles. The van der Waals surface area contributed by atoms with Crippen LogP contribution in [0.15, 0.2) is 83.8 Å². The van der Waals surface area contributed by atoms with E-state index in [0.29, 0.717) is 10.6 Å². The quantitative estimate of drug-likeness (QED) is 0.477. The van der Waals surface area contributed by atoms with E-state index < -0.39 is 16.1 Å². The third-order valence-electron chi connectivity index (χ3n) is 4.97. The molecule has 3 aromatic carbocycles. The summed E-state index contributed by atoms with van der Waals surface area (Å²) in [6, 6.07) is 21.2. The number of amides is 1. The Hall–Kier alpha value is -3.13. The van der Waals surface area contributed by atoms with Gasteiger partial charge in [-0.3, -0.25) is 4.79 Å². The standard InChI is InChI=1S/C25H25ClN2O4S/c1-28(2)33(30,31)23-16-18(12-14-22(23)32-3)13-15-24(29)27-25(19-8-5-4-6-9-19)20-10-7-11-21(26)17-20/h4-17,25H,1-3H3,(H,27,29)/b15-13+. The minimum atomic E-state index is -3.71. The molecule has 8 heteroatoms. The summed E-state index contributed by atoms with van der Waals surface area (Å²) in [6.07, 6.45) is 2.93. The molecule has 0 spiro atoms. The Morgan fingerprint density at radius 3 is 2.33 bits per heavy atom. The average Bonchev–Trinajstić information content (AvgIpc) is 2.81. The molecule has 0 radical (unpaired) electrons. The monoisotopic (exact) mass is 484 g/mol. The van der Waals surface area contributed by atoms with E-state index in [2.05, 4.69) is 5.32 Å².